The van der Waals surface area contributed by atoms with E-state index >= 15 is 0 Å². The third kappa shape index (κ3) is 2.88. The zero-order chi connectivity index (χ0) is 13.9. The first-order chi connectivity index (χ1) is 9.72. The maximum Gasteiger partial charge on any atom is 0.322 e. The molecule has 1 saturated heterocycles. The van der Waals surface area contributed by atoms with Crippen molar-refractivity contribution in [2.24, 2.45) is 0 Å². The smallest absolute Gasteiger partial charge is 0.322 e. The van der Waals surface area contributed by atoms with Gasteiger partial charge < -0.3 is 9.73 Å². The second-order valence-corrected chi connectivity index (χ2v) is 5.47. The summed E-state index contributed by atoms with van der Waals surface area (Å²) in [7, 11) is 0. The minimum atomic E-state index is -0.271. The molecule has 3 rings (SSSR count). The van der Waals surface area contributed by atoms with E-state index in [1.54, 1.807) is 24.3 Å². The number of nitrogens with zero attached hydrogens (tertiary/aromatic N) is 2. The van der Waals surface area contributed by atoms with Crippen LogP contribution in [-0.4, -0.2) is 22.6 Å². The molecule has 1 fully saturated rings. The first-order valence-electron chi connectivity index (χ1n) is 6.36. The Morgan fingerprint density at radius 3 is 2.85 bits per heavy atom. The second kappa shape index (κ2) is 5.72. The van der Waals surface area contributed by atoms with Crippen molar-refractivity contribution >= 4 is 27.9 Å². The Hall–Kier alpha value is -1.73. The zero-order valence-corrected chi connectivity index (χ0v) is 12.2. The van der Waals surface area contributed by atoms with Gasteiger partial charge in [0, 0.05) is 10.0 Å². The molecule has 1 aromatic heterocycles. The topological polar surface area (TPSA) is 80.0 Å². The highest BCUT2D eigenvalue weighted by molar-refractivity contribution is 9.10. The molecular formula is C13H13BrN4O2. The van der Waals surface area contributed by atoms with E-state index in [0.29, 0.717) is 11.5 Å². The Bertz CT molecular complexity index is 605. The van der Waals surface area contributed by atoms with Gasteiger partial charge in [-0.1, -0.05) is 21.0 Å². The van der Waals surface area contributed by atoms with Crippen molar-refractivity contribution in [1.29, 1.82) is 0 Å². The van der Waals surface area contributed by atoms with Crippen LogP contribution in [0, 0.1) is 0 Å². The van der Waals surface area contributed by atoms with Gasteiger partial charge in [0.25, 0.3) is 5.91 Å². The van der Waals surface area contributed by atoms with E-state index in [1.807, 2.05) is 0 Å². The Balaban J connectivity index is 1.68. The summed E-state index contributed by atoms with van der Waals surface area (Å²) in [6.45, 7) is 0.952. The monoisotopic (exact) mass is 336 g/mol. The van der Waals surface area contributed by atoms with Crippen LogP contribution in [0.2, 0.25) is 0 Å². The van der Waals surface area contributed by atoms with Gasteiger partial charge in [0.05, 0.1) is 6.04 Å². The van der Waals surface area contributed by atoms with Crippen LogP contribution in [0.4, 0.5) is 6.01 Å². The first-order valence-corrected chi connectivity index (χ1v) is 7.15. The van der Waals surface area contributed by atoms with Crippen molar-refractivity contribution in [3.8, 4) is 0 Å². The third-order valence-corrected chi connectivity index (χ3v) is 3.65. The fourth-order valence-electron chi connectivity index (χ4n) is 2.09. The average molecular weight is 337 g/mol. The van der Waals surface area contributed by atoms with Crippen LogP contribution in [-0.2, 0) is 0 Å². The molecule has 1 aliphatic rings. The van der Waals surface area contributed by atoms with Crippen molar-refractivity contribution in [3.05, 3.63) is 40.2 Å². The summed E-state index contributed by atoms with van der Waals surface area (Å²) in [5.41, 5.74) is 0.534. The molecule has 1 amide bonds. The Labute approximate surface area is 124 Å². The van der Waals surface area contributed by atoms with E-state index in [-0.39, 0.29) is 18.0 Å². The number of rotatable bonds is 3. The van der Waals surface area contributed by atoms with Crippen LogP contribution >= 0.6 is 15.9 Å². The standard InChI is InChI=1S/C13H13BrN4O2/c14-9-5-3-8(4-6-9)11(19)16-13-18-17-12(20-13)10-2-1-7-15-10/h3-6,10,15H,1-2,7H2,(H,16,18,19). The third-order valence-electron chi connectivity index (χ3n) is 3.13. The van der Waals surface area contributed by atoms with Gasteiger partial charge in [-0.05, 0) is 43.7 Å². The van der Waals surface area contributed by atoms with Gasteiger partial charge in [0.2, 0.25) is 5.89 Å². The number of halogens is 1. The number of anilines is 1. The number of benzene rings is 1. The molecule has 0 radical (unpaired) electrons. The largest absolute Gasteiger partial charge is 0.406 e. The number of carbonyl (C=O) groups excluding carboxylic acids is 1. The minimum Gasteiger partial charge on any atom is -0.406 e. The van der Waals surface area contributed by atoms with Crippen molar-refractivity contribution in [1.82, 2.24) is 15.5 Å². The van der Waals surface area contributed by atoms with E-state index in [9.17, 15) is 4.79 Å². The van der Waals surface area contributed by atoms with E-state index in [0.717, 1.165) is 23.9 Å². The summed E-state index contributed by atoms with van der Waals surface area (Å²) < 4.78 is 6.38. The number of carbonyl (C=O) groups is 1. The summed E-state index contributed by atoms with van der Waals surface area (Å²) in [6, 6.07) is 7.26. The molecule has 1 atom stereocenters. The molecule has 20 heavy (non-hydrogen) atoms. The molecule has 104 valence electrons. The van der Waals surface area contributed by atoms with Gasteiger partial charge >= 0.3 is 6.01 Å². The van der Waals surface area contributed by atoms with Crippen LogP contribution in [0.3, 0.4) is 0 Å². The zero-order valence-electron chi connectivity index (χ0n) is 10.6. The van der Waals surface area contributed by atoms with Gasteiger partial charge in [-0.3, -0.25) is 10.1 Å². The van der Waals surface area contributed by atoms with E-state index in [4.69, 9.17) is 4.42 Å². The number of hydrogen-bond donors (Lipinski definition) is 2. The van der Waals surface area contributed by atoms with Crippen molar-refractivity contribution in [2.45, 2.75) is 18.9 Å². The number of nitrogens with one attached hydrogen (secondary N) is 2. The molecule has 6 nitrogen and oxygen atoms in total. The average Bonchev–Trinajstić information content (AvgIpc) is 3.09. The van der Waals surface area contributed by atoms with Crippen LogP contribution in [0.1, 0.15) is 35.1 Å². The molecule has 1 aromatic carbocycles. The van der Waals surface area contributed by atoms with E-state index in [1.165, 1.54) is 0 Å². The van der Waals surface area contributed by atoms with Gasteiger partial charge in [0.1, 0.15) is 0 Å². The number of hydrogen-bond acceptors (Lipinski definition) is 5. The molecule has 0 saturated carbocycles. The lowest BCUT2D eigenvalue weighted by Gasteiger charge is -2.03. The first kappa shape index (κ1) is 13.3. The Morgan fingerprint density at radius 2 is 2.15 bits per heavy atom. The van der Waals surface area contributed by atoms with Gasteiger partial charge in [-0.25, -0.2) is 0 Å². The fraction of sp³-hybridized carbons (Fsp3) is 0.308. The molecule has 0 bridgehead atoms. The molecule has 7 heteroatoms. The highest BCUT2D eigenvalue weighted by Crippen LogP contribution is 2.23. The minimum absolute atomic E-state index is 0.0980. The number of amides is 1. The van der Waals surface area contributed by atoms with E-state index < -0.39 is 0 Å². The maximum atomic E-state index is 12.0. The molecule has 2 aromatic rings. The molecule has 0 spiro atoms. The van der Waals surface area contributed by atoms with Crippen LogP contribution in [0.15, 0.2) is 33.2 Å². The lowest BCUT2D eigenvalue weighted by molar-refractivity contribution is 0.102. The normalized spacial score (nSPS) is 18.1. The van der Waals surface area contributed by atoms with Crippen LogP contribution in [0.5, 0.6) is 0 Å². The second-order valence-electron chi connectivity index (χ2n) is 4.56. The highest BCUT2D eigenvalue weighted by Gasteiger charge is 2.22. The molecule has 0 aliphatic carbocycles. The SMILES string of the molecule is O=C(Nc1nnc(C2CCCN2)o1)c1ccc(Br)cc1. The predicted octanol–water partition coefficient (Wildman–Crippen LogP) is 2.51. The molecular weight excluding hydrogens is 324 g/mol. The maximum absolute atomic E-state index is 12.0. The van der Waals surface area contributed by atoms with Crippen LogP contribution in [0.25, 0.3) is 0 Å². The number of aromatic nitrogens is 2. The Kier molecular flexibility index (Phi) is 3.79. The quantitative estimate of drug-likeness (QED) is 0.900. The summed E-state index contributed by atoms with van der Waals surface area (Å²) in [6.07, 6.45) is 2.07. The van der Waals surface area contributed by atoms with Crippen molar-refractivity contribution in [2.75, 3.05) is 11.9 Å². The van der Waals surface area contributed by atoms with E-state index in [2.05, 4.69) is 36.8 Å². The molecule has 2 heterocycles. The van der Waals surface area contributed by atoms with Crippen molar-refractivity contribution in [3.63, 3.8) is 0 Å². The summed E-state index contributed by atoms with van der Waals surface area (Å²) >= 11 is 3.32. The van der Waals surface area contributed by atoms with Gasteiger partial charge in [-0.15, -0.1) is 5.10 Å². The fourth-order valence-corrected chi connectivity index (χ4v) is 2.36. The lowest BCUT2D eigenvalue weighted by Crippen LogP contribution is -2.13. The molecule has 1 aliphatic heterocycles. The highest BCUT2D eigenvalue weighted by atomic mass is 79.9. The summed E-state index contributed by atoms with van der Waals surface area (Å²) in [5, 5.41) is 13.7. The van der Waals surface area contributed by atoms with Gasteiger partial charge in [0.15, 0.2) is 0 Å². The summed E-state index contributed by atoms with van der Waals surface area (Å²) in [5.74, 6) is 0.251. The Morgan fingerprint density at radius 1 is 1.35 bits per heavy atom. The van der Waals surface area contributed by atoms with Crippen molar-refractivity contribution < 1.29 is 9.21 Å². The molecule has 1 unspecified atom stereocenters. The molecule has 2 N–H and O–H groups in total. The summed E-state index contributed by atoms with van der Waals surface area (Å²) in [4.78, 5) is 12.0. The predicted molar refractivity (Wildman–Crippen MR) is 76.4 cm³/mol. The van der Waals surface area contributed by atoms with Crippen LogP contribution < -0.4 is 10.6 Å². The lowest BCUT2D eigenvalue weighted by atomic mass is 10.2. The van der Waals surface area contributed by atoms with Gasteiger partial charge in [-0.2, -0.15) is 0 Å².